The number of ether oxygens (including phenoxy) is 2. The van der Waals surface area contributed by atoms with Crippen molar-refractivity contribution in [3.63, 3.8) is 0 Å². The summed E-state index contributed by atoms with van der Waals surface area (Å²) in [5, 5.41) is 2.65. The Morgan fingerprint density at radius 1 is 0.963 bits per heavy atom. The molecule has 3 amide bonds. The summed E-state index contributed by atoms with van der Waals surface area (Å²) >= 11 is 0. The lowest BCUT2D eigenvalue weighted by Gasteiger charge is -2.22. The van der Waals surface area contributed by atoms with Gasteiger partial charge in [-0.05, 0) is 18.6 Å². The number of carbonyl (C=O) groups is 3. The molecule has 0 bridgehead atoms. The van der Waals surface area contributed by atoms with Crippen molar-refractivity contribution in [2.75, 3.05) is 59.7 Å². The first kappa shape index (κ1) is 20.9. The molecule has 2 rings (SSSR count). The van der Waals surface area contributed by atoms with Gasteiger partial charge in [-0.2, -0.15) is 0 Å². The molecule has 0 spiro atoms. The normalized spacial score (nSPS) is 14.6. The largest absolute Gasteiger partial charge is 0.382 e. The second kappa shape index (κ2) is 11.3. The van der Waals surface area contributed by atoms with Crippen LogP contribution in [0.25, 0.3) is 0 Å². The maximum Gasteiger partial charge on any atom is 0.251 e. The highest BCUT2D eigenvalue weighted by atomic mass is 16.5. The zero-order valence-electron chi connectivity index (χ0n) is 15.7. The number of rotatable bonds is 8. The standard InChI is InChI=1S/C19H27N3O5/c1-26-12-13-27-15-18(24)22-9-5-8-21(10-11-22)17(23)14-20-19(25)16-6-3-2-4-7-16/h2-4,6-7H,5,8-15H2,1H3,(H,20,25). The predicted octanol–water partition coefficient (Wildman–Crippen LogP) is 0.140. The Hall–Kier alpha value is -2.45. The number of methoxy groups -OCH3 is 1. The summed E-state index contributed by atoms with van der Waals surface area (Å²) in [4.78, 5) is 40.0. The van der Waals surface area contributed by atoms with Crippen molar-refractivity contribution in [1.82, 2.24) is 15.1 Å². The van der Waals surface area contributed by atoms with Crippen molar-refractivity contribution < 1.29 is 23.9 Å². The Kier molecular flexibility index (Phi) is 8.73. The van der Waals surface area contributed by atoms with Crippen molar-refractivity contribution in [3.8, 4) is 0 Å². The average molecular weight is 377 g/mol. The van der Waals surface area contributed by atoms with Crippen molar-refractivity contribution in [2.45, 2.75) is 6.42 Å². The van der Waals surface area contributed by atoms with E-state index in [4.69, 9.17) is 9.47 Å². The van der Waals surface area contributed by atoms with Gasteiger partial charge in [-0.25, -0.2) is 0 Å². The lowest BCUT2D eigenvalue weighted by Crippen LogP contribution is -2.42. The van der Waals surface area contributed by atoms with Crippen molar-refractivity contribution in [3.05, 3.63) is 35.9 Å². The smallest absolute Gasteiger partial charge is 0.251 e. The third kappa shape index (κ3) is 6.99. The maximum atomic E-state index is 12.4. The Bertz CT molecular complexity index is 623. The fraction of sp³-hybridized carbons (Fsp3) is 0.526. The van der Waals surface area contributed by atoms with Gasteiger partial charge in [-0.3, -0.25) is 14.4 Å². The van der Waals surface area contributed by atoms with E-state index >= 15 is 0 Å². The summed E-state index contributed by atoms with van der Waals surface area (Å²) in [7, 11) is 1.58. The van der Waals surface area contributed by atoms with Crippen LogP contribution in [0.1, 0.15) is 16.8 Å². The number of nitrogens with one attached hydrogen (secondary N) is 1. The Labute approximate surface area is 159 Å². The third-order valence-corrected chi connectivity index (χ3v) is 4.29. The van der Waals surface area contributed by atoms with Crippen LogP contribution in [0.5, 0.6) is 0 Å². The molecule has 1 N–H and O–H groups in total. The molecule has 1 saturated heterocycles. The Morgan fingerprint density at radius 3 is 2.30 bits per heavy atom. The highest BCUT2D eigenvalue weighted by Gasteiger charge is 2.22. The summed E-state index contributed by atoms with van der Waals surface area (Å²) in [5.41, 5.74) is 0.520. The zero-order chi connectivity index (χ0) is 19.5. The molecule has 0 atom stereocenters. The van der Waals surface area contributed by atoms with Crippen LogP contribution in [-0.4, -0.2) is 87.2 Å². The van der Waals surface area contributed by atoms with E-state index in [1.807, 2.05) is 6.07 Å². The number of amides is 3. The van der Waals surface area contributed by atoms with E-state index in [1.54, 1.807) is 41.2 Å². The monoisotopic (exact) mass is 377 g/mol. The number of benzene rings is 1. The number of hydrogen-bond acceptors (Lipinski definition) is 5. The first-order valence-corrected chi connectivity index (χ1v) is 9.07. The van der Waals surface area contributed by atoms with E-state index in [0.29, 0.717) is 51.4 Å². The molecule has 0 saturated carbocycles. The SMILES string of the molecule is COCCOCC(=O)N1CCCN(C(=O)CNC(=O)c2ccccc2)CC1. The minimum atomic E-state index is -0.274. The van der Waals surface area contributed by atoms with Gasteiger partial charge in [0.15, 0.2) is 0 Å². The number of nitrogens with zero attached hydrogens (tertiary/aromatic N) is 2. The first-order valence-electron chi connectivity index (χ1n) is 9.07. The molecule has 0 radical (unpaired) electrons. The highest BCUT2D eigenvalue weighted by Crippen LogP contribution is 2.05. The highest BCUT2D eigenvalue weighted by molar-refractivity contribution is 5.96. The van der Waals surface area contributed by atoms with Gasteiger partial charge in [0.1, 0.15) is 6.61 Å². The van der Waals surface area contributed by atoms with Crippen LogP contribution in [0.3, 0.4) is 0 Å². The lowest BCUT2D eigenvalue weighted by atomic mass is 10.2. The van der Waals surface area contributed by atoms with Crippen LogP contribution in [0.2, 0.25) is 0 Å². The van der Waals surface area contributed by atoms with Gasteiger partial charge in [0.05, 0.1) is 19.8 Å². The minimum absolute atomic E-state index is 0.0183. The van der Waals surface area contributed by atoms with Gasteiger partial charge in [0.2, 0.25) is 11.8 Å². The zero-order valence-corrected chi connectivity index (χ0v) is 15.7. The van der Waals surface area contributed by atoms with Gasteiger partial charge in [0, 0.05) is 38.9 Å². The molecule has 0 aliphatic carbocycles. The summed E-state index contributed by atoms with van der Waals surface area (Å²) in [5.74, 6) is -0.508. The summed E-state index contributed by atoms with van der Waals surface area (Å²) in [6, 6.07) is 8.77. The summed E-state index contributed by atoms with van der Waals surface area (Å²) < 4.78 is 10.1. The molecular weight excluding hydrogens is 350 g/mol. The molecule has 0 aromatic heterocycles. The second-order valence-electron chi connectivity index (χ2n) is 6.21. The number of carbonyl (C=O) groups excluding carboxylic acids is 3. The van der Waals surface area contributed by atoms with Crippen molar-refractivity contribution >= 4 is 17.7 Å². The maximum absolute atomic E-state index is 12.4. The first-order chi connectivity index (χ1) is 13.1. The molecule has 1 aromatic carbocycles. The Balaban J connectivity index is 1.73. The van der Waals surface area contributed by atoms with Crippen molar-refractivity contribution in [2.24, 2.45) is 0 Å². The topological polar surface area (TPSA) is 88.2 Å². The van der Waals surface area contributed by atoms with E-state index in [1.165, 1.54) is 0 Å². The van der Waals surface area contributed by atoms with Crippen LogP contribution < -0.4 is 5.32 Å². The van der Waals surface area contributed by atoms with Crippen LogP contribution in [0, 0.1) is 0 Å². The lowest BCUT2D eigenvalue weighted by molar-refractivity contribution is -0.137. The third-order valence-electron chi connectivity index (χ3n) is 4.29. The minimum Gasteiger partial charge on any atom is -0.382 e. The molecule has 0 unspecified atom stereocenters. The number of hydrogen-bond donors (Lipinski definition) is 1. The van der Waals surface area contributed by atoms with E-state index < -0.39 is 0 Å². The molecule has 8 heteroatoms. The Morgan fingerprint density at radius 2 is 1.63 bits per heavy atom. The van der Waals surface area contributed by atoms with Crippen LogP contribution in [0.15, 0.2) is 30.3 Å². The summed E-state index contributed by atoms with van der Waals surface area (Å²) in [6.45, 7) is 2.86. The molecule has 1 fully saturated rings. The molecule has 1 heterocycles. The molecule has 148 valence electrons. The fourth-order valence-electron chi connectivity index (χ4n) is 2.77. The van der Waals surface area contributed by atoms with E-state index in [0.717, 1.165) is 0 Å². The van der Waals surface area contributed by atoms with E-state index in [-0.39, 0.29) is 30.9 Å². The molecule has 1 aliphatic heterocycles. The summed E-state index contributed by atoms with van der Waals surface area (Å²) in [6.07, 6.45) is 0.697. The van der Waals surface area contributed by atoms with Gasteiger partial charge >= 0.3 is 0 Å². The van der Waals surface area contributed by atoms with Crippen LogP contribution in [-0.2, 0) is 19.1 Å². The van der Waals surface area contributed by atoms with E-state index in [9.17, 15) is 14.4 Å². The molecular formula is C19H27N3O5. The molecule has 1 aliphatic rings. The van der Waals surface area contributed by atoms with Gasteiger partial charge in [-0.15, -0.1) is 0 Å². The molecule has 27 heavy (non-hydrogen) atoms. The molecule has 1 aromatic rings. The van der Waals surface area contributed by atoms with Crippen LogP contribution >= 0.6 is 0 Å². The van der Waals surface area contributed by atoms with Gasteiger partial charge in [0.25, 0.3) is 5.91 Å². The van der Waals surface area contributed by atoms with E-state index in [2.05, 4.69) is 5.32 Å². The average Bonchev–Trinajstić information content (AvgIpc) is 2.96. The van der Waals surface area contributed by atoms with Crippen molar-refractivity contribution in [1.29, 1.82) is 0 Å². The molecule has 8 nitrogen and oxygen atoms in total. The second-order valence-corrected chi connectivity index (χ2v) is 6.21. The van der Waals surface area contributed by atoms with Crippen LogP contribution in [0.4, 0.5) is 0 Å². The fourth-order valence-corrected chi connectivity index (χ4v) is 2.77. The van der Waals surface area contributed by atoms with Gasteiger partial charge in [-0.1, -0.05) is 18.2 Å². The van der Waals surface area contributed by atoms with Gasteiger partial charge < -0.3 is 24.6 Å². The quantitative estimate of drug-likeness (QED) is 0.651. The predicted molar refractivity (Wildman–Crippen MR) is 99.2 cm³/mol.